The second-order valence-electron chi connectivity index (χ2n) is 4.01. The third-order valence-electron chi connectivity index (χ3n) is 2.83. The molecule has 1 aromatic heterocycles. The zero-order valence-electron chi connectivity index (χ0n) is 10.6. The van der Waals surface area contributed by atoms with Crippen molar-refractivity contribution in [3.8, 4) is 5.75 Å². The van der Waals surface area contributed by atoms with Crippen LogP contribution in [0.1, 0.15) is 24.9 Å². The van der Waals surface area contributed by atoms with Crippen LogP contribution in [0, 0.1) is 0 Å². The lowest BCUT2D eigenvalue weighted by atomic mass is 10.0. The van der Waals surface area contributed by atoms with Crippen molar-refractivity contribution in [3.05, 3.63) is 48.5 Å². The average molecular weight is 243 g/mol. The van der Waals surface area contributed by atoms with Gasteiger partial charge in [0.15, 0.2) is 0 Å². The molecule has 0 spiro atoms. The van der Waals surface area contributed by atoms with Crippen LogP contribution < -0.4 is 10.1 Å². The van der Waals surface area contributed by atoms with Crippen LogP contribution >= 0.6 is 0 Å². The molecule has 1 unspecified atom stereocenters. The maximum atomic E-state index is 5.16. The number of nitrogens with zero attached hydrogens (tertiary/aromatic N) is 2. The molecule has 0 aliphatic rings. The number of anilines is 1. The van der Waals surface area contributed by atoms with Crippen LogP contribution in [-0.4, -0.2) is 17.1 Å². The SMILES string of the molecule is CCC(Nc1cncnc1)c1ccc(OC)cc1. The van der Waals surface area contributed by atoms with E-state index in [9.17, 15) is 0 Å². The molecule has 0 radical (unpaired) electrons. The Morgan fingerprint density at radius 2 is 1.83 bits per heavy atom. The van der Waals surface area contributed by atoms with E-state index < -0.39 is 0 Å². The summed E-state index contributed by atoms with van der Waals surface area (Å²) in [6.07, 6.45) is 6.07. The van der Waals surface area contributed by atoms with Crippen LogP contribution in [0.5, 0.6) is 5.75 Å². The van der Waals surface area contributed by atoms with E-state index in [1.807, 2.05) is 12.1 Å². The van der Waals surface area contributed by atoms with E-state index >= 15 is 0 Å². The van der Waals surface area contributed by atoms with Gasteiger partial charge in [-0.25, -0.2) is 9.97 Å². The third kappa shape index (κ3) is 2.97. The molecule has 0 saturated carbocycles. The molecule has 94 valence electrons. The molecule has 0 bridgehead atoms. The minimum absolute atomic E-state index is 0.252. The molecular formula is C14H17N3O. The highest BCUT2D eigenvalue weighted by atomic mass is 16.5. The lowest BCUT2D eigenvalue weighted by Gasteiger charge is -2.18. The Morgan fingerprint density at radius 1 is 1.17 bits per heavy atom. The normalized spacial score (nSPS) is 11.9. The van der Waals surface area contributed by atoms with Crippen molar-refractivity contribution >= 4 is 5.69 Å². The fourth-order valence-corrected chi connectivity index (χ4v) is 1.83. The summed E-state index contributed by atoms with van der Waals surface area (Å²) in [6.45, 7) is 2.14. The quantitative estimate of drug-likeness (QED) is 0.876. The summed E-state index contributed by atoms with van der Waals surface area (Å²) < 4.78 is 5.16. The molecule has 18 heavy (non-hydrogen) atoms. The summed E-state index contributed by atoms with van der Waals surface area (Å²) >= 11 is 0. The molecule has 1 aromatic carbocycles. The molecule has 0 fully saturated rings. The van der Waals surface area contributed by atoms with Gasteiger partial charge in [0, 0.05) is 0 Å². The van der Waals surface area contributed by atoms with Gasteiger partial charge in [-0.1, -0.05) is 19.1 Å². The molecule has 1 atom stereocenters. The maximum absolute atomic E-state index is 5.16. The van der Waals surface area contributed by atoms with Gasteiger partial charge in [0.1, 0.15) is 12.1 Å². The molecule has 0 saturated heterocycles. The van der Waals surface area contributed by atoms with E-state index in [0.29, 0.717) is 0 Å². The second-order valence-corrected chi connectivity index (χ2v) is 4.01. The van der Waals surface area contributed by atoms with Gasteiger partial charge < -0.3 is 10.1 Å². The van der Waals surface area contributed by atoms with Crippen LogP contribution in [-0.2, 0) is 0 Å². The Morgan fingerprint density at radius 3 is 2.39 bits per heavy atom. The molecule has 4 heteroatoms. The van der Waals surface area contributed by atoms with Crippen molar-refractivity contribution < 1.29 is 4.74 Å². The summed E-state index contributed by atoms with van der Waals surface area (Å²) in [5.74, 6) is 0.872. The van der Waals surface area contributed by atoms with Crippen molar-refractivity contribution in [1.82, 2.24) is 9.97 Å². The van der Waals surface area contributed by atoms with Crippen LogP contribution in [0.3, 0.4) is 0 Å². The number of hydrogen-bond donors (Lipinski definition) is 1. The summed E-state index contributed by atoms with van der Waals surface area (Å²) in [5.41, 5.74) is 2.15. The van der Waals surface area contributed by atoms with Crippen molar-refractivity contribution in [2.75, 3.05) is 12.4 Å². The Balaban J connectivity index is 2.12. The first-order chi connectivity index (χ1) is 8.83. The van der Waals surface area contributed by atoms with Gasteiger partial charge in [0.25, 0.3) is 0 Å². The number of nitrogens with one attached hydrogen (secondary N) is 1. The monoisotopic (exact) mass is 243 g/mol. The van der Waals surface area contributed by atoms with Crippen molar-refractivity contribution in [1.29, 1.82) is 0 Å². The molecule has 4 nitrogen and oxygen atoms in total. The molecule has 1 heterocycles. The van der Waals surface area contributed by atoms with E-state index in [0.717, 1.165) is 17.9 Å². The molecule has 0 aliphatic carbocycles. The second kappa shape index (κ2) is 6.00. The Labute approximate surface area is 107 Å². The molecule has 0 aliphatic heterocycles. The zero-order valence-corrected chi connectivity index (χ0v) is 10.6. The first kappa shape index (κ1) is 12.4. The zero-order chi connectivity index (χ0) is 12.8. The van der Waals surface area contributed by atoms with Crippen LogP contribution in [0.25, 0.3) is 0 Å². The topological polar surface area (TPSA) is 47.0 Å². The Kier molecular flexibility index (Phi) is 4.12. The number of hydrogen-bond acceptors (Lipinski definition) is 4. The van der Waals surface area contributed by atoms with E-state index in [2.05, 4.69) is 34.3 Å². The largest absolute Gasteiger partial charge is 0.497 e. The highest BCUT2D eigenvalue weighted by Gasteiger charge is 2.09. The highest BCUT2D eigenvalue weighted by Crippen LogP contribution is 2.23. The lowest BCUT2D eigenvalue weighted by molar-refractivity contribution is 0.414. The van der Waals surface area contributed by atoms with Gasteiger partial charge >= 0.3 is 0 Å². The molecule has 2 rings (SSSR count). The number of ether oxygens (including phenoxy) is 1. The maximum Gasteiger partial charge on any atom is 0.118 e. The van der Waals surface area contributed by atoms with Crippen LogP contribution in [0.4, 0.5) is 5.69 Å². The fraction of sp³-hybridized carbons (Fsp3) is 0.286. The van der Waals surface area contributed by atoms with Crippen LogP contribution in [0.15, 0.2) is 43.0 Å². The highest BCUT2D eigenvalue weighted by molar-refractivity contribution is 5.41. The molecule has 1 N–H and O–H groups in total. The van der Waals surface area contributed by atoms with E-state index in [1.54, 1.807) is 19.5 Å². The van der Waals surface area contributed by atoms with E-state index in [4.69, 9.17) is 4.74 Å². The third-order valence-corrected chi connectivity index (χ3v) is 2.83. The predicted octanol–water partition coefficient (Wildman–Crippen LogP) is 3.05. The molecule has 2 aromatic rings. The molecular weight excluding hydrogens is 226 g/mol. The van der Waals surface area contributed by atoms with Crippen molar-refractivity contribution in [3.63, 3.8) is 0 Å². The number of methoxy groups -OCH3 is 1. The molecule has 0 amide bonds. The van der Waals surface area contributed by atoms with E-state index in [1.165, 1.54) is 11.9 Å². The Hall–Kier alpha value is -2.10. The van der Waals surface area contributed by atoms with Gasteiger partial charge in [-0.15, -0.1) is 0 Å². The summed E-state index contributed by atoms with van der Waals surface area (Å²) in [6, 6.07) is 8.34. The first-order valence-electron chi connectivity index (χ1n) is 5.99. The standard InChI is InChI=1S/C14H17N3O/c1-3-14(17-12-8-15-10-16-9-12)11-4-6-13(18-2)7-5-11/h4-10,14,17H,3H2,1-2H3. The lowest BCUT2D eigenvalue weighted by Crippen LogP contribution is -2.09. The van der Waals surface area contributed by atoms with Crippen molar-refractivity contribution in [2.45, 2.75) is 19.4 Å². The number of benzene rings is 1. The van der Waals surface area contributed by atoms with Crippen molar-refractivity contribution in [2.24, 2.45) is 0 Å². The van der Waals surface area contributed by atoms with Gasteiger partial charge in [-0.3, -0.25) is 0 Å². The minimum Gasteiger partial charge on any atom is -0.497 e. The number of rotatable bonds is 5. The first-order valence-corrected chi connectivity index (χ1v) is 5.99. The van der Waals surface area contributed by atoms with Crippen LogP contribution in [0.2, 0.25) is 0 Å². The smallest absolute Gasteiger partial charge is 0.118 e. The predicted molar refractivity (Wildman–Crippen MR) is 71.7 cm³/mol. The fourth-order valence-electron chi connectivity index (χ4n) is 1.83. The average Bonchev–Trinajstić information content (AvgIpc) is 2.46. The van der Waals surface area contributed by atoms with Gasteiger partial charge in [0.05, 0.1) is 31.2 Å². The van der Waals surface area contributed by atoms with Gasteiger partial charge in [-0.05, 0) is 24.1 Å². The summed E-state index contributed by atoms with van der Waals surface area (Å²) in [4.78, 5) is 8.00. The Bertz CT molecular complexity index is 470. The number of aromatic nitrogens is 2. The summed E-state index contributed by atoms with van der Waals surface area (Å²) in [7, 11) is 1.67. The minimum atomic E-state index is 0.252. The summed E-state index contributed by atoms with van der Waals surface area (Å²) in [5, 5.41) is 3.42. The van der Waals surface area contributed by atoms with Gasteiger partial charge in [-0.2, -0.15) is 0 Å². The van der Waals surface area contributed by atoms with E-state index in [-0.39, 0.29) is 6.04 Å². The van der Waals surface area contributed by atoms with Gasteiger partial charge in [0.2, 0.25) is 0 Å².